The number of hydrogen-bond acceptors (Lipinski definition) is 3. The molecule has 0 aromatic heterocycles. The van der Waals surface area contributed by atoms with E-state index in [-0.39, 0.29) is 6.10 Å². The lowest BCUT2D eigenvalue weighted by Gasteiger charge is -2.24. The van der Waals surface area contributed by atoms with E-state index in [0.717, 1.165) is 23.2 Å². The first-order valence-corrected chi connectivity index (χ1v) is 5.95. The van der Waals surface area contributed by atoms with Crippen molar-refractivity contribution in [2.24, 2.45) is 0 Å². The number of nitrogens with zero attached hydrogens (tertiary/aromatic N) is 1. The number of aliphatic hydroxyl groups excluding tert-OH is 1. The van der Waals surface area contributed by atoms with E-state index in [1.807, 2.05) is 18.2 Å². The number of β-amino-alcohol motifs (C(OH)–C–C–N with tert-alkyl or cyclic N) is 1. The molecule has 1 aliphatic heterocycles. The van der Waals surface area contributed by atoms with Crippen LogP contribution in [0.4, 0.5) is 5.69 Å². The molecule has 1 saturated heterocycles. The second-order valence-corrected chi connectivity index (χ2v) is 4.61. The van der Waals surface area contributed by atoms with E-state index >= 15 is 0 Å². The average Bonchev–Trinajstić information content (AvgIpc) is 2.43. The van der Waals surface area contributed by atoms with Crippen LogP contribution < -0.4 is 10.2 Å². The van der Waals surface area contributed by atoms with Crippen molar-refractivity contribution in [3.05, 3.63) is 28.7 Å². The Morgan fingerprint density at radius 3 is 3.00 bits per heavy atom. The Labute approximate surface area is 98.2 Å². The minimum atomic E-state index is -0.292. The normalized spacial score (nSPS) is 22.5. The molecule has 4 heteroatoms. The van der Waals surface area contributed by atoms with Gasteiger partial charge < -0.3 is 15.3 Å². The van der Waals surface area contributed by atoms with Crippen LogP contribution in [0.2, 0.25) is 0 Å². The Kier molecular flexibility index (Phi) is 3.61. The van der Waals surface area contributed by atoms with Crippen molar-refractivity contribution in [2.75, 3.05) is 31.1 Å². The van der Waals surface area contributed by atoms with Gasteiger partial charge in [-0.25, -0.2) is 0 Å². The van der Waals surface area contributed by atoms with Crippen LogP contribution in [0.25, 0.3) is 0 Å². The van der Waals surface area contributed by atoms with Crippen LogP contribution in [0.3, 0.4) is 0 Å². The van der Waals surface area contributed by atoms with Crippen LogP contribution in [0.15, 0.2) is 28.7 Å². The van der Waals surface area contributed by atoms with Crippen LogP contribution in [-0.4, -0.2) is 37.4 Å². The van der Waals surface area contributed by atoms with Crippen LogP contribution in [0.5, 0.6) is 0 Å². The summed E-state index contributed by atoms with van der Waals surface area (Å²) >= 11 is 3.53. The quantitative estimate of drug-likeness (QED) is 0.806. The molecule has 2 rings (SSSR count). The van der Waals surface area contributed by atoms with Gasteiger partial charge in [0, 0.05) is 30.7 Å². The molecule has 1 atom stereocenters. The largest absolute Gasteiger partial charge is 0.390 e. The van der Waals surface area contributed by atoms with Crippen molar-refractivity contribution in [3.8, 4) is 0 Å². The molecule has 1 aliphatic rings. The Morgan fingerprint density at radius 2 is 2.20 bits per heavy atom. The van der Waals surface area contributed by atoms with E-state index in [2.05, 4.69) is 32.2 Å². The number of anilines is 1. The van der Waals surface area contributed by atoms with Gasteiger partial charge in [0.25, 0.3) is 0 Å². The standard InChI is InChI=1S/C11H15BrN2O/c12-10-3-1-2-4-11(10)14-6-5-13-7-9(15)8-14/h1-4,9,13,15H,5-8H2. The lowest BCUT2D eigenvalue weighted by Crippen LogP contribution is -2.32. The molecule has 15 heavy (non-hydrogen) atoms. The van der Waals surface area contributed by atoms with E-state index in [1.54, 1.807) is 0 Å². The maximum atomic E-state index is 9.69. The van der Waals surface area contributed by atoms with Gasteiger partial charge in [0.2, 0.25) is 0 Å². The molecule has 2 N–H and O–H groups in total. The number of aliphatic hydroxyl groups is 1. The van der Waals surface area contributed by atoms with Crippen LogP contribution in [0.1, 0.15) is 0 Å². The zero-order chi connectivity index (χ0) is 10.7. The molecule has 82 valence electrons. The fourth-order valence-electron chi connectivity index (χ4n) is 1.82. The van der Waals surface area contributed by atoms with Crippen molar-refractivity contribution in [1.82, 2.24) is 5.32 Å². The van der Waals surface area contributed by atoms with Gasteiger partial charge in [0.15, 0.2) is 0 Å². The van der Waals surface area contributed by atoms with Gasteiger partial charge in [-0.15, -0.1) is 0 Å². The number of hydrogen-bond donors (Lipinski definition) is 2. The summed E-state index contributed by atoms with van der Waals surface area (Å²) in [7, 11) is 0. The lowest BCUT2D eigenvalue weighted by atomic mass is 10.2. The molecule has 0 bridgehead atoms. The van der Waals surface area contributed by atoms with Gasteiger partial charge in [0.1, 0.15) is 0 Å². The van der Waals surface area contributed by atoms with Crippen molar-refractivity contribution in [3.63, 3.8) is 0 Å². The number of para-hydroxylation sites is 1. The number of benzene rings is 1. The third kappa shape index (κ3) is 2.71. The van der Waals surface area contributed by atoms with Crippen LogP contribution in [0, 0.1) is 0 Å². The van der Waals surface area contributed by atoms with Gasteiger partial charge in [-0.2, -0.15) is 0 Å². The molecule has 1 fully saturated rings. The third-order valence-corrected chi connectivity index (χ3v) is 3.23. The summed E-state index contributed by atoms with van der Waals surface area (Å²) in [5.74, 6) is 0. The molecule has 3 nitrogen and oxygen atoms in total. The minimum Gasteiger partial charge on any atom is -0.390 e. The van der Waals surface area contributed by atoms with Gasteiger partial charge in [0.05, 0.1) is 11.8 Å². The van der Waals surface area contributed by atoms with E-state index in [1.165, 1.54) is 0 Å². The summed E-state index contributed by atoms with van der Waals surface area (Å²) < 4.78 is 1.08. The van der Waals surface area contributed by atoms with Gasteiger partial charge in [-0.1, -0.05) is 12.1 Å². The Hall–Kier alpha value is -0.580. The summed E-state index contributed by atoms with van der Waals surface area (Å²) in [5, 5.41) is 12.9. The SMILES string of the molecule is OC1CNCCN(c2ccccc2Br)C1. The first-order chi connectivity index (χ1) is 7.27. The van der Waals surface area contributed by atoms with E-state index < -0.39 is 0 Å². The van der Waals surface area contributed by atoms with Crippen LogP contribution in [-0.2, 0) is 0 Å². The molecule has 0 amide bonds. The van der Waals surface area contributed by atoms with Crippen molar-refractivity contribution in [1.29, 1.82) is 0 Å². The first kappa shape index (κ1) is 10.9. The summed E-state index contributed by atoms with van der Waals surface area (Å²) in [6, 6.07) is 8.12. The molecule has 1 aromatic rings. The van der Waals surface area contributed by atoms with Gasteiger partial charge >= 0.3 is 0 Å². The van der Waals surface area contributed by atoms with Crippen LogP contribution >= 0.6 is 15.9 Å². The van der Waals surface area contributed by atoms with Crippen molar-refractivity contribution < 1.29 is 5.11 Å². The molecule has 1 unspecified atom stereocenters. The van der Waals surface area contributed by atoms with E-state index in [0.29, 0.717) is 13.1 Å². The summed E-state index contributed by atoms with van der Waals surface area (Å²) in [4.78, 5) is 2.20. The fourth-order valence-corrected chi connectivity index (χ4v) is 2.36. The molecule has 1 heterocycles. The molecule has 0 aliphatic carbocycles. The maximum absolute atomic E-state index is 9.69. The zero-order valence-corrected chi connectivity index (χ0v) is 10.1. The highest BCUT2D eigenvalue weighted by Gasteiger charge is 2.17. The summed E-state index contributed by atoms with van der Waals surface area (Å²) in [6.45, 7) is 3.22. The second kappa shape index (κ2) is 4.96. The fraction of sp³-hybridized carbons (Fsp3) is 0.455. The third-order valence-electron chi connectivity index (χ3n) is 2.56. The van der Waals surface area contributed by atoms with Gasteiger partial charge in [-0.05, 0) is 28.1 Å². The Bertz CT molecular complexity index is 332. The van der Waals surface area contributed by atoms with Crippen molar-refractivity contribution >= 4 is 21.6 Å². The number of rotatable bonds is 1. The topological polar surface area (TPSA) is 35.5 Å². The number of halogens is 1. The molecule has 1 aromatic carbocycles. The predicted molar refractivity (Wildman–Crippen MR) is 65.2 cm³/mol. The lowest BCUT2D eigenvalue weighted by molar-refractivity contribution is 0.185. The molecule has 0 radical (unpaired) electrons. The zero-order valence-electron chi connectivity index (χ0n) is 8.49. The molecular weight excluding hydrogens is 256 g/mol. The minimum absolute atomic E-state index is 0.292. The predicted octanol–water partition coefficient (Wildman–Crippen LogP) is 1.22. The molecule has 0 saturated carbocycles. The smallest absolute Gasteiger partial charge is 0.0839 e. The highest BCUT2D eigenvalue weighted by atomic mass is 79.9. The van der Waals surface area contributed by atoms with E-state index in [4.69, 9.17) is 0 Å². The Balaban J connectivity index is 2.18. The monoisotopic (exact) mass is 270 g/mol. The summed E-state index contributed by atoms with van der Waals surface area (Å²) in [6.07, 6.45) is -0.292. The summed E-state index contributed by atoms with van der Waals surface area (Å²) in [5.41, 5.74) is 1.15. The van der Waals surface area contributed by atoms with E-state index in [9.17, 15) is 5.11 Å². The average molecular weight is 271 g/mol. The second-order valence-electron chi connectivity index (χ2n) is 3.76. The Morgan fingerprint density at radius 1 is 1.40 bits per heavy atom. The maximum Gasteiger partial charge on any atom is 0.0839 e. The highest BCUT2D eigenvalue weighted by molar-refractivity contribution is 9.10. The van der Waals surface area contributed by atoms with Gasteiger partial charge in [-0.3, -0.25) is 0 Å². The molecule has 0 spiro atoms. The first-order valence-electron chi connectivity index (χ1n) is 5.15. The molecular formula is C11H15BrN2O. The number of nitrogens with one attached hydrogen (secondary N) is 1. The van der Waals surface area contributed by atoms with Crippen molar-refractivity contribution in [2.45, 2.75) is 6.10 Å². The highest BCUT2D eigenvalue weighted by Crippen LogP contribution is 2.25.